The summed E-state index contributed by atoms with van der Waals surface area (Å²) >= 11 is 0. The van der Waals surface area contributed by atoms with Gasteiger partial charge in [0.25, 0.3) is 0 Å². The molecule has 3 heteroatoms. The maximum absolute atomic E-state index is 9.28. The van der Waals surface area contributed by atoms with Gasteiger partial charge in [-0.15, -0.1) is 0 Å². The van der Waals surface area contributed by atoms with Crippen LogP contribution in [0, 0.1) is 5.92 Å². The molecule has 3 nitrogen and oxygen atoms in total. The topological polar surface area (TPSA) is 58.3 Å². The van der Waals surface area contributed by atoms with E-state index in [1.165, 1.54) is 12.8 Å². The van der Waals surface area contributed by atoms with Gasteiger partial charge >= 0.3 is 0 Å². The molecule has 4 N–H and O–H groups in total. The minimum atomic E-state index is 0.240. The monoisotopic (exact) mass is 214 g/mol. The molecule has 0 aromatic rings. The summed E-state index contributed by atoms with van der Waals surface area (Å²) in [7, 11) is 0. The van der Waals surface area contributed by atoms with Gasteiger partial charge in [0.1, 0.15) is 0 Å². The molecular weight excluding hydrogens is 188 g/mol. The molecule has 0 spiro atoms. The fourth-order valence-corrected chi connectivity index (χ4v) is 2.48. The van der Waals surface area contributed by atoms with Crippen LogP contribution >= 0.6 is 0 Å². The third kappa shape index (κ3) is 4.96. The maximum Gasteiger partial charge on any atom is 0.0584 e. The molecular formula is C12H26N2O. The zero-order valence-corrected chi connectivity index (χ0v) is 10.1. The molecule has 1 aliphatic carbocycles. The zero-order valence-electron chi connectivity index (χ0n) is 10.1. The molecule has 0 aliphatic heterocycles. The van der Waals surface area contributed by atoms with Crippen molar-refractivity contribution in [3.63, 3.8) is 0 Å². The van der Waals surface area contributed by atoms with Crippen LogP contribution in [-0.4, -0.2) is 29.8 Å². The Kier molecular flexibility index (Phi) is 5.58. The van der Waals surface area contributed by atoms with Gasteiger partial charge in [-0.3, -0.25) is 0 Å². The molecule has 3 unspecified atom stereocenters. The third-order valence-corrected chi connectivity index (χ3v) is 3.16. The van der Waals surface area contributed by atoms with Crippen LogP contribution in [0.15, 0.2) is 0 Å². The molecule has 1 aliphatic rings. The lowest BCUT2D eigenvalue weighted by Gasteiger charge is -2.31. The van der Waals surface area contributed by atoms with Crippen molar-refractivity contribution in [2.24, 2.45) is 11.7 Å². The summed E-state index contributed by atoms with van der Waals surface area (Å²) in [5.41, 5.74) is 5.94. The van der Waals surface area contributed by atoms with E-state index in [1.54, 1.807) is 0 Å². The van der Waals surface area contributed by atoms with Crippen LogP contribution in [0.1, 0.15) is 46.0 Å². The Bertz CT molecular complexity index is 171. The minimum absolute atomic E-state index is 0.240. The minimum Gasteiger partial charge on any atom is -0.395 e. The van der Waals surface area contributed by atoms with Crippen molar-refractivity contribution in [3.05, 3.63) is 0 Å². The van der Waals surface area contributed by atoms with Crippen LogP contribution in [0.4, 0.5) is 0 Å². The molecule has 0 aromatic heterocycles. The summed E-state index contributed by atoms with van der Waals surface area (Å²) in [6, 6.07) is 1.12. The highest BCUT2D eigenvalue weighted by molar-refractivity contribution is 4.82. The SMILES string of the molecule is CC(C)CC(CO)NC1CCCC(N)C1. The first-order chi connectivity index (χ1) is 7.11. The van der Waals surface area contributed by atoms with Gasteiger partial charge in [0, 0.05) is 18.1 Å². The molecule has 1 saturated carbocycles. The summed E-state index contributed by atoms with van der Waals surface area (Å²) in [4.78, 5) is 0. The molecule has 0 saturated heterocycles. The molecule has 1 fully saturated rings. The van der Waals surface area contributed by atoms with Gasteiger partial charge in [0.15, 0.2) is 0 Å². The van der Waals surface area contributed by atoms with Crippen molar-refractivity contribution in [3.8, 4) is 0 Å². The van der Waals surface area contributed by atoms with Gasteiger partial charge < -0.3 is 16.2 Å². The molecule has 90 valence electrons. The molecule has 3 atom stereocenters. The van der Waals surface area contributed by atoms with Gasteiger partial charge in [-0.25, -0.2) is 0 Å². The number of nitrogens with one attached hydrogen (secondary N) is 1. The highest BCUT2D eigenvalue weighted by Crippen LogP contribution is 2.18. The lowest BCUT2D eigenvalue weighted by Crippen LogP contribution is -2.46. The van der Waals surface area contributed by atoms with Crippen LogP contribution < -0.4 is 11.1 Å². The Labute approximate surface area is 93.4 Å². The van der Waals surface area contributed by atoms with Gasteiger partial charge in [0.05, 0.1) is 6.61 Å². The predicted molar refractivity (Wildman–Crippen MR) is 63.7 cm³/mol. The number of hydrogen-bond donors (Lipinski definition) is 3. The van der Waals surface area contributed by atoms with E-state index >= 15 is 0 Å². The van der Waals surface area contributed by atoms with E-state index in [0.29, 0.717) is 18.0 Å². The lowest BCUT2D eigenvalue weighted by atomic mass is 9.90. The smallest absolute Gasteiger partial charge is 0.0584 e. The van der Waals surface area contributed by atoms with E-state index in [9.17, 15) is 5.11 Å². The number of aliphatic hydroxyl groups is 1. The van der Waals surface area contributed by atoms with Crippen LogP contribution in [0.25, 0.3) is 0 Å². The molecule has 1 rings (SSSR count). The molecule has 0 radical (unpaired) electrons. The van der Waals surface area contributed by atoms with Crippen molar-refractivity contribution in [1.29, 1.82) is 0 Å². The Balaban J connectivity index is 2.30. The second-order valence-corrected chi connectivity index (χ2v) is 5.30. The first-order valence-electron chi connectivity index (χ1n) is 6.24. The van der Waals surface area contributed by atoms with Gasteiger partial charge in [-0.2, -0.15) is 0 Å². The first-order valence-corrected chi connectivity index (χ1v) is 6.24. The average Bonchev–Trinajstić information content (AvgIpc) is 2.16. The van der Waals surface area contributed by atoms with Crippen molar-refractivity contribution in [2.75, 3.05) is 6.61 Å². The summed E-state index contributed by atoms with van der Waals surface area (Å²) in [6.45, 7) is 4.62. The Morgan fingerprint density at radius 1 is 1.40 bits per heavy atom. The second kappa shape index (κ2) is 6.46. The van der Waals surface area contributed by atoms with E-state index in [1.807, 2.05) is 0 Å². The van der Waals surface area contributed by atoms with Crippen molar-refractivity contribution >= 4 is 0 Å². The molecule has 0 amide bonds. The van der Waals surface area contributed by atoms with Crippen LogP contribution in [0.3, 0.4) is 0 Å². The summed E-state index contributed by atoms with van der Waals surface area (Å²) in [6.07, 6.45) is 5.70. The fourth-order valence-electron chi connectivity index (χ4n) is 2.48. The highest BCUT2D eigenvalue weighted by atomic mass is 16.3. The summed E-state index contributed by atoms with van der Waals surface area (Å²) < 4.78 is 0. The predicted octanol–water partition coefficient (Wildman–Crippen LogP) is 1.25. The van der Waals surface area contributed by atoms with Crippen molar-refractivity contribution in [1.82, 2.24) is 5.32 Å². The summed E-state index contributed by atoms with van der Waals surface area (Å²) in [5.74, 6) is 0.631. The van der Waals surface area contributed by atoms with Crippen LogP contribution in [0.5, 0.6) is 0 Å². The molecule has 0 bridgehead atoms. The zero-order chi connectivity index (χ0) is 11.3. The molecule has 0 aromatic carbocycles. The third-order valence-electron chi connectivity index (χ3n) is 3.16. The first kappa shape index (κ1) is 12.9. The van der Waals surface area contributed by atoms with E-state index in [4.69, 9.17) is 5.73 Å². The van der Waals surface area contributed by atoms with Crippen LogP contribution in [-0.2, 0) is 0 Å². The van der Waals surface area contributed by atoms with E-state index < -0.39 is 0 Å². The fraction of sp³-hybridized carbons (Fsp3) is 1.00. The number of hydrogen-bond acceptors (Lipinski definition) is 3. The van der Waals surface area contributed by atoms with Crippen molar-refractivity contribution in [2.45, 2.75) is 64.1 Å². The van der Waals surface area contributed by atoms with Gasteiger partial charge in [0.2, 0.25) is 0 Å². The number of rotatable bonds is 5. The maximum atomic E-state index is 9.28. The number of nitrogens with two attached hydrogens (primary N) is 1. The average molecular weight is 214 g/mol. The van der Waals surface area contributed by atoms with Crippen LogP contribution in [0.2, 0.25) is 0 Å². The van der Waals surface area contributed by atoms with E-state index in [2.05, 4.69) is 19.2 Å². The van der Waals surface area contributed by atoms with Gasteiger partial charge in [-0.05, 0) is 31.6 Å². The molecule has 15 heavy (non-hydrogen) atoms. The van der Waals surface area contributed by atoms with E-state index in [0.717, 1.165) is 19.3 Å². The highest BCUT2D eigenvalue weighted by Gasteiger charge is 2.21. The largest absolute Gasteiger partial charge is 0.395 e. The Morgan fingerprint density at radius 2 is 2.13 bits per heavy atom. The van der Waals surface area contributed by atoms with Gasteiger partial charge in [-0.1, -0.05) is 20.3 Å². The van der Waals surface area contributed by atoms with Crippen molar-refractivity contribution < 1.29 is 5.11 Å². The normalized spacial score (nSPS) is 29.4. The molecule has 0 heterocycles. The van der Waals surface area contributed by atoms with E-state index in [-0.39, 0.29) is 12.6 Å². The Hall–Kier alpha value is -0.120. The number of aliphatic hydroxyl groups excluding tert-OH is 1. The summed E-state index contributed by atoms with van der Waals surface area (Å²) in [5, 5.41) is 12.8. The Morgan fingerprint density at radius 3 is 2.67 bits per heavy atom. The standard InChI is InChI=1S/C12H26N2O/c1-9(2)6-12(8-15)14-11-5-3-4-10(13)7-11/h9-12,14-15H,3-8,13H2,1-2H3. The second-order valence-electron chi connectivity index (χ2n) is 5.30. The quantitative estimate of drug-likeness (QED) is 0.645. The lowest BCUT2D eigenvalue weighted by molar-refractivity contribution is 0.198.